The van der Waals surface area contributed by atoms with E-state index in [0.717, 1.165) is 5.56 Å². The topological polar surface area (TPSA) is 54.5 Å². The highest BCUT2D eigenvalue weighted by molar-refractivity contribution is 7.89. The molecule has 2 rings (SSSR count). The van der Waals surface area contributed by atoms with E-state index >= 15 is 0 Å². The first kappa shape index (κ1) is 18.5. The maximum atomic E-state index is 12.7. The third-order valence-corrected chi connectivity index (χ3v) is 4.97. The van der Waals surface area contributed by atoms with Crippen LogP contribution in [-0.4, -0.2) is 32.5 Å². The van der Waals surface area contributed by atoms with E-state index in [1.54, 1.807) is 48.3 Å². The Morgan fingerprint density at radius 2 is 1.79 bits per heavy atom. The van der Waals surface area contributed by atoms with Crippen LogP contribution in [0.25, 0.3) is 0 Å². The van der Waals surface area contributed by atoms with E-state index in [2.05, 4.69) is 0 Å². The van der Waals surface area contributed by atoms with Gasteiger partial charge in [0.05, 0.1) is 11.8 Å². The maximum Gasteiger partial charge on any atom is 0.254 e. The van der Waals surface area contributed by atoms with Crippen molar-refractivity contribution in [3.63, 3.8) is 0 Å². The average molecular weight is 366 g/mol. The SMILES string of the molecule is CC(c1ccc(Cl)cc1)N(C)C(=O)c1cccc(CS(C)(=O)=O)c1. The first-order chi connectivity index (χ1) is 11.2. The van der Waals surface area contributed by atoms with Gasteiger partial charge < -0.3 is 4.90 Å². The molecule has 0 bridgehead atoms. The van der Waals surface area contributed by atoms with E-state index in [4.69, 9.17) is 11.6 Å². The van der Waals surface area contributed by atoms with Crippen molar-refractivity contribution in [2.45, 2.75) is 18.7 Å². The number of carbonyl (C=O) groups is 1. The molecule has 0 fully saturated rings. The summed E-state index contributed by atoms with van der Waals surface area (Å²) in [6, 6.07) is 14.0. The van der Waals surface area contributed by atoms with Crippen LogP contribution < -0.4 is 0 Å². The standard InChI is InChI=1S/C18H20ClNO3S/c1-13(15-7-9-17(19)10-8-15)20(2)18(21)16-6-4-5-14(11-16)12-24(3,22)23/h4-11,13H,12H2,1-3H3. The van der Waals surface area contributed by atoms with Gasteiger partial charge in [0, 0.05) is 23.9 Å². The molecule has 0 aromatic heterocycles. The average Bonchev–Trinajstić information content (AvgIpc) is 2.52. The highest BCUT2D eigenvalue weighted by atomic mass is 35.5. The minimum atomic E-state index is -3.14. The van der Waals surface area contributed by atoms with Gasteiger partial charge in [-0.1, -0.05) is 35.9 Å². The molecule has 0 aliphatic heterocycles. The quantitative estimate of drug-likeness (QED) is 0.811. The minimum absolute atomic E-state index is 0.0788. The lowest BCUT2D eigenvalue weighted by Gasteiger charge is -2.25. The Bertz CT molecular complexity index is 832. The molecule has 4 nitrogen and oxygen atoms in total. The van der Waals surface area contributed by atoms with Gasteiger partial charge in [0.2, 0.25) is 0 Å². The Labute approximate surface area is 148 Å². The van der Waals surface area contributed by atoms with Crippen LogP contribution in [0, 0.1) is 0 Å². The molecule has 6 heteroatoms. The number of benzene rings is 2. The van der Waals surface area contributed by atoms with Crippen molar-refractivity contribution < 1.29 is 13.2 Å². The maximum absolute atomic E-state index is 12.7. The third kappa shape index (κ3) is 4.82. The molecule has 2 aromatic carbocycles. The molecular weight excluding hydrogens is 346 g/mol. The first-order valence-corrected chi connectivity index (χ1v) is 9.90. The highest BCUT2D eigenvalue weighted by Gasteiger charge is 2.19. The summed E-state index contributed by atoms with van der Waals surface area (Å²) < 4.78 is 22.9. The summed E-state index contributed by atoms with van der Waals surface area (Å²) in [7, 11) is -1.41. The van der Waals surface area contributed by atoms with Crippen LogP contribution in [0.2, 0.25) is 5.02 Å². The number of amides is 1. The summed E-state index contributed by atoms with van der Waals surface area (Å²) in [6.45, 7) is 1.93. The molecule has 24 heavy (non-hydrogen) atoms. The third-order valence-electron chi connectivity index (χ3n) is 3.86. The largest absolute Gasteiger partial charge is 0.335 e. The van der Waals surface area contributed by atoms with Gasteiger partial charge >= 0.3 is 0 Å². The van der Waals surface area contributed by atoms with Gasteiger partial charge in [-0.2, -0.15) is 0 Å². The molecule has 0 saturated heterocycles. The van der Waals surface area contributed by atoms with E-state index in [-0.39, 0.29) is 17.7 Å². The minimum Gasteiger partial charge on any atom is -0.335 e. The molecular formula is C18H20ClNO3S. The van der Waals surface area contributed by atoms with E-state index < -0.39 is 9.84 Å². The van der Waals surface area contributed by atoms with Crippen molar-refractivity contribution in [3.05, 3.63) is 70.2 Å². The van der Waals surface area contributed by atoms with E-state index in [9.17, 15) is 13.2 Å². The summed E-state index contributed by atoms with van der Waals surface area (Å²) in [4.78, 5) is 14.3. The molecule has 0 saturated carbocycles. The van der Waals surface area contributed by atoms with Crippen LogP contribution in [0.5, 0.6) is 0 Å². The van der Waals surface area contributed by atoms with Crippen LogP contribution in [0.15, 0.2) is 48.5 Å². The monoisotopic (exact) mass is 365 g/mol. The van der Waals surface area contributed by atoms with Gasteiger partial charge in [-0.05, 0) is 42.3 Å². The second-order valence-electron chi connectivity index (χ2n) is 5.91. The molecule has 0 spiro atoms. The molecule has 1 atom stereocenters. The normalized spacial score (nSPS) is 12.7. The van der Waals surface area contributed by atoms with Gasteiger partial charge in [-0.3, -0.25) is 4.79 Å². The number of sulfone groups is 1. The van der Waals surface area contributed by atoms with E-state index in [1.165, 1.54) is 6.26 Å². The van der Waals surface area contributed by atoms with Crippen molar-refractivity contribution >= 4 is 27.3 Å². The molecule has 0 aliphatic rings. The van der Waals surface area contributed by atoms with Crippen LogP contribution in [0.4, 0.5) is 0 Å². The van der Waals surface area contributed by atoms with Crippen molar-refractivity contribution in [1.82, 2.24) is 4.90 Å². The summed E-state index contributed by atoms with van der Waals surface area (Å²) in [5.41, 5.74) is 2.05. The van der Waals surface area contributed by atoms with Crippen molar-refractivity contribution in [3.8, 4) is 0 Å². The predicted molar refractivity (Wildman–Crippen MR) is 97.0 cm³/mol. The zero-order valence-corrected chi connectivity index (χ0v) is 15.4. The van der Waals surface area contributed by atoms with Crippen LogP contribution >= 0.6 is 11.6 Å². The molecule has 128 valence electrons. The number of hydrogen-bond acceptors (Lipinski definition) is 3. The summed E-state index contributed by atoms with van der Waals surface area (Å²) in [5, 5.41) is 0.647. The Morgan fingerprint density at radius 3 is 2.38 bits per heavy atom. The van der Waals surface area contributed by atoms with E-state index in [1.807, 2.05) is 19.1 Å². The van der Waals surface area contributed by atoms with Crippen molar-refractivity contribution in [2.75, 3.05) is 13.3 Å². The Balaban J connectivity index is 2.21. The zero-order chi connectivity index (χ0) is 17.9. The summed E-state index contributed by atoms with van der Waals surface area (Å²) >= 11 is 5.89. The molecule has 0 N–H and O–H groups in total. The zero-order valence-electron chi connectivity index (χ0n) is 13.9. The van der Waals surface area contributed by atoms with Gasteiger partial charge in [0.25, 0.3) is 5.91 Å². The lowest BCUT2D eigenvalue weighted by Crippen LogP contribution is -2.29. The first-order valence-electron chi connectivity index (χ1n) is 7.46. The van der Waals surface area contributed by atoms with E-state index in [0.29, 0.717) is 16.1 Å². The lowest BCUT2D eigenvalue weighted by molar-refractivity contribution is 0.0742. The summed E-state index contributed by atoms with van der Waals surface area (Å²) in [5.74, 6) is -0.238. The summed E-state index contributed by atoms with van der Waals surface area (Å²) in [6.07, 6.45) is 1.18. The fourth-order valence-corrected chi connectivity index (χ4v) is 3.35. The Kier molecular flexibility index (Phi) is 5.67. The fraction of sp³-hybridized carbons (Fsp3) is 0.278. The Morgan fingerprint density at radius 1 is 1.17 bits per heavy atom. The number of nitrogens with zero attached hydrogens (tertiary/aromatic N) is 1. The molecule has 0 radical (unpaired) electrons. The second kappa shape index (κ2) is 7.36. The van der Waals surface area contributed by atoms with Gasteiger partial charge in [-0.25, -0.2) is 8.42 Å². The van der Waals surface area contributed by atoms with Gasteiger partial charge in [0.15, 0.2) is 9.84 Å². The predicted octanol–water partition coefficient (Wildman–Crippen LogP) is 3.72. The fourth-order valence-electron chi connectivity index (χ4n) is 2.44. The van der Waals surface area contributed by atoms with Gasteiger partial charge in [-0.15, -0.1) is 0 Å². The molecule has 0 heterocycles. The Hall–Kier alpha value is -1.85. The number of carbonyl (C=O) groups excluding carboxylic acids is 1. The van der Waals surface area contributed by atoms with Crippen LogP contribution in [-0.2, 0) is 15.6 Å². The van der Waals surface area contributed by atoms with Gasteiger partial charge in [0.1, 0.15) is 0 Å². The number of hydrogen-bond donors (Lipinski definition) is 0. The number of halogens is 1. The molecule has 1 unspecified atom stereocenters. The van der Waals surface area contributed by atoms with Crippen molar-refractivity contribution in [1.29, 1.82) is 0 Å². The molecule has 1 amide bonds. The van der Waals surface area contributed by atoms with Crippen LogP contribution in [0.1, 0.15) is 34.5 Å². The molecule has 0 aliphatic carbocycles. The highest BCUT2D eigenvalue weighted by Crippen LogP contribution is 2.23. The second-order valence-corrected chi connectivity index (χ2v) is 8.49. The molecule has 2 aromatic rings. The van der Waals surface area contributed by atoms with Crippen molar-refractivity contribution in [2.24, 2.45) is 0 Å². The lowest BCUT2D eigenvalue weighted by atomic mass is 10.1. The smallest absolute Gasteiger partial charge is 0.254 e. The van der Waals surface area contributed by atoms with Crippen LogP contribution in [0.3, 0.4) is 0 Å². The number of rotatable bonds is 5.